The van der Waals surface area contributed by atoms with Gasteiger partial charge in [-0.3, -0.25) is 0 Å². The molecule has 0 aliphatic carbocycles. The Morgan fingerprint density at radius 2 is 1.44 bits per heavy atom. The van der Waals surface area contributed by atoms with Crippen molar-refractivity contribution in [2.45, 2.75) is 0 Å². The molecule has 9 heavy (non-hydrogen) atoms. The molecule has 0 aliphatic heterocycles. The third-order valence-corrected chi connectivity index (χ3v) is 4.31. The second-order valence-electron chi connectivity index (χ2n) is 1.17. The summed E-state index contributed by atoms with van der Waals surface area (Å²) in [5, 5.41) is 9.91. The van der Waals surface area contributed by atoms with E-state index in [4.69, 9.17) is 36.8 Å². The van der Waals surface area contributed by atoms with Crippen molar-refractivity contribution in [2.24, 2.45) is 8.58 Å². The van der Waals surface area contributed by atoms with Crippen LogP contribution in [0, 0.1) is 10.1 Å². The van der Waals surface area contributed by atoms with E-state index in [2.05, 4.69) is 0 Å². The van der Waals surface area contributed by atoms with Gasteiger partial charge in [0.25, 0.3) is 0 Å². The summed E-state index contributed by atoms with van der Waals surface area (Å²) in [7, 11) is 14.8. The van der Waals surface area contributed by atoms with Crippen LogP contribution < -0.4 is 8.58 Å². The van der Waals surface area contributed by atoms with Crippen molar-refractivity contribution in [1.82, 2.24) is 0 Å². The van der Waals surface area contributed by atoms with Gasteiger partial charge in [-0.05, 0) is 0 Å². The first-order valence-electron chi connectivity index (χ1n) is 1.23. The van der Waals surface area contributed by atoms with Gasteiger partial charge in [0.05, 0.1) is 0 Å². The second kappa shape index (κ2) is 1.55. The standard InChI is InChI=1S/3ClH.NO2.2H2N.Pt/c;;;2-1-3;;;/h3*1H;;2*1H2;/q;;;;2*-1;+5/p-3. The minimum atomic E-state index is -6.18. The van der Waals surface area contributed by atoms with Gasteiger partial charge < -0.3 is 0 Å². The number of nitro groups is 1. The van der Waals surface area contributed by atoms with Crippen molar-refractivity contribution in [3.05, 3.63) is 10.1 Å². The molecule has 0 aliphatic rings. The Morgan fingerprint density at radius 1 is 1.33 bits per heavy atom. The van der Waals surface area contributed by atoms with Crippen molar-refractivity contribution in [3.63, 3.8) is 0 Å². The van der Waals surface area contributed by atoms with Crippen LogP contribution in [-0.4, -0.2) is 3.48 Å². The van der Waals surface area contributed by atoms with Crippen molar-refractivity contribution < 1.29 is 14.7 Å². The molecule has 0 aromatic carbocycles. The molecular weight excluding hydrogens is 375 g/mol. The summed E-state index contributed by atoms with van der Waals surface area (Å²) in [4.78, 5) is 9.91. The number of rotatable bonds is 1. The van der Waals surface area contributed by atoms with Gasteiger partial charge in [-0.1, -0.05) is 0 Å². The Kier molecular flexibility index (Phi) is 1.70. The first-order chi connectivity index (χ1) is 3.43. The van der Waals surface area contributed by atoms with Gasteiger partial charge in [-0.25, -0.2) is 0 Å². The summed E-state index contributed by atoms with van der Waals surface area (Å²) >= 11 is -6.18. The number of halogens is 3. The summed E-state index contributed by atoms with van der Waals surface area (Å²) in [6, 6.07) is 0. The fourth-order valence-corrected chi connectivity index (χ4v) is 0. The van der Waals surface area contributed by atoms with Crippen LogP contribution in [0.25, 0.3) is 0 Å². The fraction of sp³-hybridized carbons (Fsp3) is 0. The Labute approximate surface area is 61.5 Å². The molecule has 0 fully saturated rings. The topological polar surface area (TPSA) is 95.2 Å². The summed E-state index contributed by atoms with van der Waals surface area (Å²) < 4.78 is 8.21. The number of hydrogen-bond acceptors (Lipinski definition) is 4. The van der Waals surface area contributed by atoms with Gasteiger partial charge in [0, 0.05) is 0 Å². The zero-order chi connectivity index (χ0) is 7.99. The van der Waals surface area contributed by atoms with Gasteiger partial charge in [-0.15, -0.1) is 0 Å². The molecule has 4 N–H and O–H groups in total. The van der Waals surface area contributed by atoms with Crippen LogP contribution in [0.4, 0.5) is 0 Å². The summed E-state index contributed by atoms with van der Waals surface area (Å²) in [6.07, 6.45) is 0. The third-order valence-electron chi connectivity index (χ3n) is 0.264. The molecule has 0 heterocycles. The molecule has 0 aromatic heterocycles. The van der Waals surface area contributed by atoms with E-state index in [-0.39, 0.29) is 0 Å². The molecule has 0 aromatic rings. The van der Waals surface area contributed by atoms with E-state index in [0.29, 0.717) is 0 Å². The van der Waals surface area contributed by atoms with E-state index in [1.165, 1.54) is 0 Å². The quantitative estimate of drug-likeness (QED) is 0.516. The maximum atomic E-state index is 9.91. The molecule has 0 radical (unpaired) electrons. The van der Waals surface area contributed by atoms with E-state index >= 15 is 0 Å². The van der Waals surface area contributed by atoms with Crippen LogP contribution in [0.1, 0.15) is 0 Å². The molecule has 0 bridgehead atoms. The normalized spacial score (nSPS) is 20.1. The fourth-order valence-electron chi connectivity index (χ4n) is 0. The van der Waals surface area contributed by atoms with Gasteiger partial charge >= 0.3 is 61.6 Å². The first kappa shape index (κ1) is 9.88. The van der Waals surface area contributed by atoms with Gasteiger partial charge in [0.15, 0.2) is 0 Å². The van der Waals surface area contributed by atoms with Crippen LogP contribution >= 0.6 is 28.3 Å². The van der Waals surface area contributed by atoms with Crippen molar-refractivity contribution >= 4 is 28.3 Å². The van der Waals surface area contributed by atoms with Crippen LogP contribution in [-0.2, 0) is 11.2 Å². The van der Waals surface area contributed by atoms with E-state index < -0.39 is 14.7 Å². The molecule has 0 spiro atoms. The Balaban J connectivity index is 5.01. The van der Waals surface area contributed by atoms with Crippen molar-refractivity contribution in [2.75, 3.05) is 0 Å². The van der Waals surface area contributed by atoms with E-state index in [1.54, 1.807) is 0 Å². The second-order valence-corrected chi connectivity index (χ2v) is 27.3. The van der Waals surface area contributed by atoms with Crippen molar-refractivity contribution in [3.8, 4) is 0 Å². The molecule has 0 saturated carbocycles. The third kappa shape index (κ3) is 3.55. The minimum absolute atomic E-state index is 1.24. The van der Waals surface area contributed by atoms with Crippen LogP contribution in [0.2, 0.25) is 0 Å². The van der Waals surface area contributed by atoms with Gasteiger partial charge in [0.1, 0.15) is 0 Å². The maximum absolute atomic E-state index is 9.91. The molecular formula is H4Cl3N3O2Pt. The summed E-state index contributed by atoms with van der Waals surface area (Å²) in [6.45, 7) is 0. The molecule has 62 valence electrons. The molecule has 0 saturated heterocycles. The zero-order valence-corrected chi connectivity index (χ0v) is 8.41. The average Bonchev–Trinajstić information content (AvgIpc) is 1.24. The van der Waals surface area contributed by atoms with E-state index in [9.17, 15) is 10.1 Å². The van der Waals surface area contributed by atoms with Crippen LogP contribution in [0.3, 0.4) is 0 Å². The van der Waals surface area contributed by atoms with Crippen LogP contribution in [0.15, 0.2) is 0 Å². The predicted molar refractivity (Wildman–Crippen MR) is 32.9 cm³/mol. The Bertz CT molecular complexity index is 153. The molecule has 0 unspecified atom stereocenters. The zero-order valence-electron chi connectivity index (χ0n) is 3.87. The molecule has 0 amide bonds. The predicted octanol–water partition coefficient (Wildman–Crippen LogP) is 0.612. The SMILES string of the molecule is [NH2][Pt]([NH2])([Cl])([Cl])([Cl])[N+](=O)[O-]. The van der Waals surface area contributed by atoms with E-state index in [1.807, 2.05) is 0 Å². The summed E-state index contributed by atoms with van der Waals surface area (Å²) in [5.41, 5.74) is 0. The van der Waals surface area contributed by atoms with Gasteiger partial charge in [-0.2, -0.15) is 0 Å². The average molecular weight is 379 g/mol. The Morgan fingerprint density at radius 3 is 1.44 bits per heavy atom. The van der Waals surface area contributed by atoms with Crippen LogP contribution in [0.5, 0.6) is 0 Å². The Hall–Kier alpha value is 0.878. The monoisotopic (exact) mass is 378 g/mol. The van der Waals surface area contributed by atoms with Gasteiger partial charge in [0.2, 0.25) is 0 Å². The molecule has 0 rings (SSSR count). The number of nitrogens with zero attached hydrogens (tertiary/aromatic N) is 1. The molecule has 5 nitrogen and oxygen atoms in total. The number of nitrogens with two attached hydrogens (primary N) is 2. The van der Waals surface area contributed by atoms with Crippen molar-refractivity contribution in [1.29, 1.82) is 0 Å². The molecule has 9 heteroatoms. The first-order valence-corrected chi connectivity index (χ1v) is 13.3. The van der Waals surface area contributed by atoms with E-state index in [0.717, 1.165) is 0 Å². The summed E-state index contributed by atoms with van der Waals surface area (Å²) in [5.74, 6) is 0. The molecule has 0 atom stereocenters. The number of hydrogen-bond donors (Lipinski definition) is 2.